The van der Waals surface area contributed by atoms with Crippen LogP contribution < -0.4 is 5.32 Å². The third-order valence-electron chi connectivity index (χ3n) is 3.65. The maximum absolute atomic E-state index is 11.9. The largest absolute Gasteiger partial charge is 0.468 e. The van der Waals surface area contributed by atoms with Gasteiger partial charge in [0.05, 0.1) is 20.1 Å². The third-order valence-corrected chi connectivity index (χ3v) is 3.65. The number of nitrogens with zero attached hydrogens (tertiary/aromatic N) is 1. The molecule has 1 amide bonds. The summed E-state index contributed by atoms with van der Waals surface area (Å²) in [5.41, 5.74) is 1.05. The van der Waals surface area contributed by atoms with Crippen LogP contribution in [0.2, 0.25) is 0 Å². The van der Waals surface area contributed by atoms with Crippen molar-refractivity contribution in [3.05, 3.63) is 48.0 Å². The van der Waals surface area contributed by atoms with E-state index < -0.39 is 6.04 Å². The average molecular weight is 334 g/mol. The first-order valence-electron chi connectivity index (χ1n) is 7.83. The SMILES string of the molecule is COC(=O)[C@H](Cc1ccccc1)NC/C=C/[C@H](C)C(=O)N(C)OC. The fraction of sp³-hybridized carbons (Fsp3) is 0.444. The normalized spacial score (nSPS) is 13.5. The number of hydrogen-bond acceptors (Lipinski definition) is 5. The van der Waals surface area contributed by atoms with Gasteiger partial charge in [0, 0.05) is 13.6 Å². The van der Waals surface area contributed by atoms with Gasteiger partial charge in [-0.2, -0.15) is 0 Å². The number of benzene rings is 1. The molecule has 2 atom stereocenters. The zero-order valence-electron chi connectivity index (χ0n) is 14.7. The molecule has 0 unspecified atom stereocenters. The summed E-state index contributed by atoms with van der Waals surface area (Å²) in [7, 11) is 4.39. The van der Waals surface area contributed by atoms with Crippen LogP contribution in [-0.2, 0) is 25.6 Å². The Morgan fingerprint density at radius 3 is 2.50 bits per heavy atom. The molecule has 0 saturated carbocycles. The monoisotopic (exact) mass is 334 g/mol. The van der Waals surface area contributed by atoms with Crippen molar-refractivity contribution in [3.8, 4) is 0 Å². The smallest absolute Gasteiger partial charge is 0.323 e. The summed E-state index contributed by atoms with van der Waals surface area (Å²) < 4.78 is 4.84. The molecule has 132 valence electrons. The molecule has 0 fully saturated rings. The number of nitrogens with one attached hydrogen (secondary N) is 1. The van der Waals surface area contributed by atoms with Crippen LogP contribution in [0.5, 0.6) is 0 Å². The van der Waals surface area contributed by atoms with Crippen LogP contribution in [0.3, 0.4) is 0 Å². The van der Waals surface area contributed by atoms with Gasteiger partial charge in [-0.1, -0.05) is 49.4 Å². The Balaban J connectivity index is 2.55. The molecule has 6 nitrogen and oxygen atoms in total. The molecule has 1 rings (SSSR count). The Bertz CT molecular complexity index is 545. The second-order valence-electron chi connectivity index (χ2n) is 5.41. The van der Waals surface area contributed by atoms with E-state index in [0.717, 1.165) is 5.56 Å². The first-order chi connectivity index (χ1) is 11.5. The molecule has 0 aliphatic carbocycles. The van der Waals surface area contributed by atoms with E-state index in [1.54, 1.807) is 20.0 Å². The summed E-state index contributed by atoms with van der Waals surface area (Å²) >= 11 is 0. The number of esters is 1. The van der Waals surface area contributed by atoms with E-state index in [4.69, 9.17) is 9.57 Å². The van der Waals surface area contributed by atoms with Gasteiger partial charge in [-0.3, -0.25) is 14.4 Å². The Morgan fingerprint density at radius 1 is 1.25 bits per heavy atom. The first-order valence-corrected chi connectivity index (χ1v) is 7.83. The van der Waals surface area contributed by atoms with Gasteiger partial charge < -0.3 is 10.1 Å². The van der Waals surface area contributed by atoms with Crippen molar-refractivity contribution in [1.82, 2.24) is 10.4 Å². The molecule has 1 aromatic carbocycles. The molecule has 6 heteroatoms. The highest BCUT2D eigenvalue weighted by molar-refractivity contribution is 5.79. The number of ether oxygens (including phenoxy) is 1. The average Bonchev–Trinajstić information content (AvgIpc) is 2.62. The van der Waals surface area contributed by atoms with Crippen molar-refractivity contribution in [1.29, 1.82) is 0 Å². The maximum atomic E-state index is 11.9. The first kappa shape index (κ1) is 19.9. The topological polar surface area (TPSA) is 67.9 Å². The lowest BCUT2D eigenvalue weighted by Gasteiger charge is -2.17. The van der Waals surface area contributed by atoms with Crippen LogP contribution in [0.15, 0.2) is 42.5 Å². The van der Waals surface area contributed by atoms with Crippen LogP contribution in [0.4, 0.5) is 0 Å². The second-order valence-corrected chi connectivity index (χ2v) is 5.41. The molecular weight excluding hydrogens is 308 g/mol. The molecule has 1 N–H and O–H groups in total. The minimum absolute atomic E-state index is 0.137. The van der Waals surface area contributed by atoms with E-state index in [9.17, 15) is 9.59 Å². The predicted molar refractivity (Wildman–Crippen MR) is 92.0 cm³/mol. The van der Waals surface area contributed by atoms with Gasteiger partial charge in [0.2, 0.25) is 0 Å². The minimum atomic E-state index is -0.435. The number of methoxy groups -OCH3 is 1. The number of amides is 1. The highest BCUT2D eigenvalue weighted by Crippen LogP contribution is 2.05. The van der Waals surface area contributed by atoms with Crippen LogP contribution in [-0.4, -0.2) is 50.8 Å². The van der Waals surface area contributed by atoms with Gasteiger partial charge in [0.1, 0.15) is 6.04 Å². The minimum Gasteiger partial charge on any atom is -0.468 e. The van der Waals surface area contributed by atoms with Gasteiger partial charge in [0.15, 0.2) is 0 Å². The zero-order chi connectivity index (χ0) is 17.9. The summed E-state index contributed by atoms with van der Waals surface area (Å²) in [6, 6.07) is 9.30. The molecular formula is C18H26N2O4. The summed E-state index contributed by atoms with van der Waals surface area (Å²) in [4.78, 5) is 28.6. The van der Waals surface area contributed by atoms with Gasteiger partial charge in [0.25, 0.3) is 5.91 Å². The highest BCUT2D eigenvalue weighted by atomic mass is 16.7. The zero-order valence-corrected chi connectivity index (χ0v) is 14.7. The lowest BCUT2D eigenvalue weighted by Crippen LogP contribution is -2.39. The molecule has 0 aliphatic rings. The fourth-order valence-electron chi connectivity index (χ4n) is 2.17. The van der Waals surface area contributed by atoms with Gasteiger partial charge >= 0.3 is 5.97 Å². The standard InChI is InChI=1S/C18H26N2O4/c1-14(17(21)20(2)24-4)9-8-12-19-16(18(22)23-3)13-15-10-6-5-7-11-15/h5-11,14,16,19H,12-13H2,1-4H3/b9-8+/t14-,16-/m0/s1. The molecule has 1 aromatic rings. The van der Waals surface area contributed by atoms with Crippen LogP contribution in [0.1, 0.15) is 12.5 Å². The molecule has 24 heavy (non-hydrogen) atoms. The van der Waals surface area contributed by atoms with Crippen molar-refractivity contribution in [3.63, 3.8) is 0 Å². The van der Waals surface area contributed by atoms with Gasteiger partial charge in [-0.05, 0) is 12.0 Å². The van der Waals surface area contributed by atoms with Crippen molar-refractivity contribution in [2.24, 2.45) is 5.92 Å². The van der Waals surface area contributed by atoms with E-state index >= 15 is 0 Å². The second kappa shape index (κ2) is 10.6. The van der Waals surface area contributed by atoms with Crippen molar-refractivity contribution >= 4 is 11.9 Å². The summed E-state index contributed by atoms with van der Waals surface area (Å²) in [5.74, 6) is -0.750. The summed E-state index contributed by atoms with van der Waals surface area (Å²) in [6.45, 7) is 2.25. The molecule has 0 aliphatic heterocycles. The number of hydroxylamine groups is 2. The highest BCUT2D eigenvalue weighted by Gasteiger charge is 2.18. The Morgan fingerprint density at radius 2 is 1.92 bits per heavy atom. The van der Waals surface area contributed by atoms with E-state index in [1.165, 1.54) is 19.3 Å². The molecule has 0 spiro atoms. The third kappa shape index (κ3) is 6.52. The lowest BCUT2D eigenvalue weighted by molar-refractivity contribution is -0.171. The lowest BCUT2D eigenvalue weighted by atomic mass is 10.1. The van der Waals surface area contributed by atoms with E-state index in [-0.39, 0.29) is 17.8 Å². The van der Waals surface area contributed by atoms with E-state index in [1.807, 2.05) is 36.4 Å². The molecule has 0 bridgehead atoms. The number of rotatable bonds is 9. The summed E-state index contributed by atoms with van der Waals surface area (Å²) in [6.07, 6.45) is 4.15. The quantitative estimate of drug-likeness (QED) is 0.422. The fourth-order valence-corrected chi connectivity index (χ4v) is 2.17. The van der Waals surface area contributed by atoms with Crippen LogP contribution in [0.25, 0.3) is 0 Å². The van der Waals surface area contributed by atoms with Crippen molar-refractivity contribution in [2.75, 3.05) is 27.8 Å². The molecule has 0 heterocycles. The van der Waals surface area contributed by atoms with Crippen molar-refractivity contribution in [2.45, 2.75) is 19.4 Å². The molecule has 0 radical (unpaired) electrons. The Hall–Kier alpha value is -2.18. The van der Waals surface area contributed by atoms with Crippen LogP contribution in [0, 0.1) is 5.92 Å². The number of carbonyl (C=O) groups is 2. The number of hydrogen-bond donors (Lipinski definition) is 1. The Labute approximate surface area is 143 Å². The van der Waals surface area contributed by atoms with Crippen molar-refractivity contribution < 1.29 is 19.2 Å². The Kier molecular flexibility index (Phi) is 8.75. The molecule has 0 aromatic heterocycles. The maximum Gasteiger partial charge on any atom is 0.323 e. The predicted octanol–water partition coefficient (Wildman–Crippen LogP) is 1.57. The van der Waals surface area contributed by atoms with Gasteiger partial charge in [-0.15, -0.1) is 0 Å². The summed E-state index contributed by atoms with van der Waals surface area (Å²) in [5, 5.41) is 4.33. The van der Waals surface area contributed by atoms with Crippen LogP contribution >= 0.6 is 0 Å². The van der Waals surface area contributed by atoms with Gasteiger partial charge in [-0.25, -0.2) is 5.06 Å². The van der Waals surface area contributed by atoms with E-state index in [0.29, 0.717) is 13.0 Å². The number of carbonyl (C=O) groups excluding carboxylic acids is 2. The molecule has 0 saturated heterocycles. The van der Waals surface area contributed by atoms with E-state index in [2.05, 4.69) is 5.32 Å².